The fraction of sp³-hybridized carbons (Fsp3) is 0.462. The number of nitrogens with one attached hydrogen (secondary N) is 1. The van der Waals surface area contributed by atoms with Crippen LogP contribution in [0.1, 0.15) is 20.3 Å². The molecule has 5 heteroatoms. The van der Waals surface area contributed by atoms with Gasteiger partial charge in [-0.1, -0.05) is 25.4 Å². The first-order valence-electron chi connectivity index (χ1n) is 6.01. The quantitative estimate of drug-likeness (QED) is 0.835. The molecule has 1 rings (SSSR count). The van der Waals surface area contributed by atoms with Gasteiger partial charge in [-0.2, -0.15) is 0 Å². The Morgan fingerprint density at radius 3 is 2.89 bits per heavy atom. The molecule has 0 radical (unpaired) electrons. The van der Waals surface area contributed by atoms with Gasteiger partial charge in [0, 0.05) is 17.5 Å². The number of carbonyl (C=O) groups excluding carboxylic acids is 1. The summed E-state index contributed by atoms with van der Waals surface area (Å²) in [5.74, 6) is 0.239. The molecule has 3 N–H and O–H groups in total. The summed E-state index contributed by atoms with van der Waals surface area (Å²) in [7, 11) is 0. The van der Waals surface area contributed by atoms with Gasteiger partial charge < -0.3 is 15.8 Å². The summed E-state index contributed by atoms with van der Waals surface area (Å²) in [6.45, 7) is 4.69. The lowest BCUT2D eigenvalue weighted by atomic mass is 10.1. The van der Waals surface area contributed by atoms with Crippen molar-refractivity contribution in [1.82, 2.24) is 0 Å². The zero-order valence-electron chi connectivity index (χ0n) is 10.7. The van der Waals surface area contributed by atoms with Crippen molar-refractivity contribution >= 4 is 23.2 Å². The van der Waals surface area contributed by atoms with Gasteiger partial charge in [0.25, 0.3) is 0 Å². The van der Waals surface area contributed by atoms with E-state index in [2.05, 4.69) is 5.32 Å². The molecule has 0 saturated carbocycles. The third-order valence-electron chi connectivity index (χ3n) is 2.46. The van der Waals surface area contributed by atoms with Gasteiger partial charge in [0.15, 0.2) is 0 Å². The van der Waals surface area contributed by atoms with E-state index in [1.54, 1.807) is 25.1 Å². The maximum atomic E-state index is 11.8. The number of nitrogens with two attached hydrogens (primary N) is 1. The van der Waals surface area contributed by atoms with Gasteiger partial charge in [-0.25, -0.2) is 0 Å². The maximum Gasteiger partial charge on any atom is 0.228 e. The Morgan fingerprint density at radius 2 is 2.28 bits per heavy atom. The van der Waals surface area contributed by atoms with Gasteiger partial charge >= 0.3 is 0 Å². The molecular formula is C13H19ClN2O2. The molecule has 1 aromatic rings. The van der Waals surface area contributed by atoms with Gasteiger partial charge in [-0.15, -0.1) is 0 Å². The van der Waals surface area contributed by atoms with Crippen molar-refractivity contribution < 1.29 is 9.53 Å². The molecule has 0 saturated heterocycles. The van der Waals surface area contributed by atoms with Crippen LogP contribution < -0.4 is 15.8 Å². The number of anilines is 1. The Bertz CT molecular complexity index is 410. The van der Waals surface area contributed by atoms with Gasteiger partial charge in [-0.3, -0.25) is 4.79 Å². The molecule has 1 amide bonds. The number of hydrogen-bond donors (Lipinski definition) is 2. The second-order valence-corrected chi connectivity index (χ2v) is 4.55. The van der Waals surface area contributed by atoms with E-state index in [-0.39, 0.29) is 11.8 Å². The summed E-state index contributed by atoms with van der Waals surface area (Å²) in [6, 6.07) is 5.16. The topological polar surface area (TPSA) is 64.3 Å². The van der Waals surface area contributed by atoms with Crippen molar-refractivity contribution in [3.8, 4) is 5.75 Å². The van der Waals surface area contributed by atoms with E-state index in [1.807, 2.05) is 6.92 Å². The Kier molecular flexibility index (Phi) is 5.95. The lowest BCUT2D eigenvalue weighted by molar-refractivity contribution is -0.119. The molecule has 1 unspecified atom stereocenters. The van der Waals surface area contributed by atoms with E-state index in [1.165, 1.54) is 0 Å². The minimum atomic E-state index is -0.247. The van der Waals surface area contributed by atoms with Crippen LogP contribution in [-0.4, -0.2) is 19.1 Å². The van der Waals surface area contributed by atoms with Gasteiger partial charge in [0.2, 0.25) is 5.91 Å². The molecule has 4 nitrogen and oxygen atoms in total. The van der Waals surface area contributed by atoms with Gasteiger partial charge in [0.05, 0.1) is 12.3 Å². The predicted molar refractivity (Wildman–Crippen MR) is 74.1 cm³/mol. The monoisotopic (exact) mass is 270 g/mol. The first-order valence-corrected chi connectivity index (χ1v) is 6.39. The molecular weight excluding hydrogens is 252 g/mol. The second kappa shape index (κ2) is 7.24. The third kappa shape index (κ3) is 4.20. The van der Waals surface area contributed by atoms with E-state index >= 15 is 0 Å². The van der Waals surface area contributed by atoms with Crippen molar-refractivity contribution in [3.63, 3.8) is 0 Å². The Labute approximate surface area is 112 Å². The first-order chi connectivity index (χ1) is 8.58. The largest absolute Gasteiger partial charge is 0.491 e. The standard InChI is InChI=1S/C13H19ClN2O2/c1-3-6-18-12-5-4-10(14)7-11(12)16-13(17)9(2)8-15/h4-5,7,9H,3,6,8,15H2,1-2H3,(H,16,17). The molecule has 0 spiro atoms. The van der Waals surface area contributed by atoms with E-state index in [4.69, 9.17) is 22.1 Å². The fourth-order valence-electron chi connectivity index (χ4n) is 1.30. The lowest BCUT2D eigenvalue weighted by Gasteiger charge is -2.14. The number of halogens is 1. The smallest absolute Gasteiger partial charge is 0.228 e. The van der Waals surface area contributed by atoms with Gasteiger partial charge in [0.1, 0.15) is 5.75 Å². The molecule has 0 bridgehead atoms. The summed E-state index contributed by atoms with van der Waals surface area (Å²) in [5, 5.41) is 3.33. The van der Waals surface area contributed by atoms with Crippen LogP contribution in [0.2, 0.25) is 5.02 Å². The molecule has 0 fully saturated rings. The van der Waals surface area contributed by atoms with Crippen LogP contribution in [0.5, 0.6) is 5.75 Å². The van der Waals surface area contributed by atoms with Crippen molar-refractivity contribution in [2.45, 2.75) is 20.3 Å². The number of amides is 1. The Morgan fingerprint density at radius 1 is 1.56 bits per heavy atom. The summed E-state index contributed by atoms with van der Waals surface area (Å²) in [5.41, 5.74) is 6.04. The number of benzene rings is 1. The number of carbonyl (C=O) groups is 1. The second-order valence-electron chi connectivity index (χ2n) is 4.11. The zero-order chi connectivity index (χ0) is 13.5. The number of hydrogen-bond acceptors (Lipinski definition) is 3. The fourth-order valence-corrected chi connectivity index (χ4v) is 1.47. The van der Waals surface area contributed by atoms with Crippen LogP contribution in [-0.2, 0) is 4.79 Å². The summed E-state index contributed by atoms with van der Waals surface area (Å²) >= 11 is 5.92. The number of rotatable bonds is 6. The van der Waals surface area contributed by atoms with E-state index in [0.29, 0.717) is 29.6 Å². The summed E-state index contributed by atoms with van der Waals surface area (Å²) < 4.78 is 5.55. The van der Waals surface area contributed by atoms with Crippen molar-refractivity contribution in [2.24, 2.45) is 11.7 Å². The van der Waals surface area contributed by atoms with Crippen LogP contribution in [0.3, 0.4) is 0 Å². The molecule has 0 heterocycles. The molecule has 0 aliphatic carbocycles. The normalized spacial score (nSPS) is 12.0. The summed E-state index contributed by atoms with van der Waals surface area (Å²) in [4.78, 5) is 11.8. The van der Waals surface area contributed by atoms with E-state index in [0.717, 1.165) is 6.42 Å². The van der Waals surface area contributed by atoms with Crippen LogP contribution in [0, 0.1) is 5.92 Å². The molecule has 0 aliphatic rings. The Balaban J connectivity index is 2.84. The van der Waals surface area contributed by atoms with Crippen LogP contribution in [0.4, 0.5) is 5.69 Å². The average molecular weight is 271 g/mol. The first kappa shape index (κ1) is 14.8. The summed E-state index contributed by atoms with van der Waals surface area (Å²) in [6.07, 6.45) is 0.898. The minimum Gasteiger partial charge on any atom is -0.491 e. The average Bonchev–Trinajstić information content (AvgIpc) is 2.36. The number of ether oxygens (including phenoxy) is 1. The Hall–Kier alpha value is -1.26. The van der Waals surface area contributed by atoms with Crippen molar-refractivity contribution in [3.05, 3.63) is 23.2 Å². The zero-order valence-corrected chi connectivity index (χ0v) is 11.5. The molecule has 0 aromatic heterocycles. The SMILES string of the molecule is CCCOc1ccc(Cl)cc1NC(=O)C(C)CN. The van der Waals surface area contributed by atoms with Crippen LogP contribution in [0.15, 0.2) is 18.2 Å². The van der Waals surface area contributed by atoms with Gasteiger partial charge in [-0.05, 0) is 24.6 Å². The van der Waals surface area contributed by atoms with E-state index < -0.39 is 0 Å². The minimum absolute atomic E-state index is 0.138. The lowest BCUT2D eigenvalue weighted by Crippen LogP contribution is -2.26. The van der Waals surface area contributed by atoms with Crippen molar-refractivity contribution in [2.75, 3.05) is 18.5 Å². The molecule has 18 heavy (non-hydrogen) atoms. The molecule has 100 valence electrons. The predicted octanol–water partition coefficient (Wildman–Crippen LogP) is 2.66. The highest BCUT2D eigenvalue weighted by atomic mass is 35.5. The van der Waals surface area contributed by atoms with E-state index in [9.17, 15) is 4.79 Å². The van der Waals surface area contributed by atoms with Crippen molar-refractivity contribution in [1.29, 1.82) is 0 Å². The van der Waals surface area contributed by atoms with Crippen LogP contribution >= 0.6 is 11.6 Å². The highest BCUT2D eigenvalue weighted by molar-refractivity contribution is 6.31. The molecule has 1 atom stereocenters. The molecule has 0 aliphatic heterocycles. The highest BCUT2D eigenvalue weighted by Crippen LogP contribution is 2.28. The molecule has 1 aromatic carbocycles. The third-order valence-corrected chi connectivity index (χ3v) is 2.70. The highest BCUT2D eigenvalue weighted by Gasteiger charge is 2.13. The maximum absolute atomic E-state index is 11.8. The van der Waals surface area contributed by atoms with Crippen LogP contribution in [0.25, 0.3) is 0 Å².